The van der Waals surface area contributed by atoms with Crippen molar-refractivity contribution >= 4 is 5.97 Å². The van der Waals surface area contributed by atoms with Crippen molar-refractivity contribution < 1.29 is 19.8 Å². The van der Waals surface area contributed by atoms with Gasteiger partial charge in [-0.3, -0.25) is 4.98 Å². The molecular formula is C29H31N3O4. The van der Waals surface area contributed by atoms with Crippen molar-refractivity contribution in [2.45, 2.75) is 51.0 Å². The van der Waals surface area contributed by atoms with Crippen molar-refractivity contribution in [3.8, 4) is 23.1 Å². The van der Waals surface area contributed by atoms with Gasteiger partial charge in [-0.15, -0.1) is 0 Å². The first-order valence-corrected chi connectivity index (χ1v) is 12.2. The highest BCUT2D eigenvalue weighted by Crippen LogP contribution is 2.44. The number of ether oxygens (including phenoxy) is 1. The number of carboxylic acid groups (broad SMARTS) is 1. The summed E-state index contributed by atoms with van der Waals surface area (Å²) in [6.07, 6.45) is 5.10. The first kappa shape index (κ1) is 25.4. The number of hydroxylamine groups is 1. The molecule has 7 heteroatoms. The fourth-order valence-electron chi connectivity index (χ4n) is 5.24. The van der Waals surface area contributed by atoms with Crippen molar-refractivity contribution in [2.75, 3.05) is 6.61 Å². The van der Waals surface area contributed by atoms with Gasteiger partial charge in [0.1, 0.15) is 11.8 Å². The number of carbonyl (C=O) groups is 1. The summed E-state index contributed by atoms with van der Waals surface area (Å²) in [6.45, 7) is 4.44. The molecule has 7 nitrogen and oxygen atoms in total. The molecule has 1 aliphatic carbocycles. The zero-order chi connectivity index (χ0) is 25.7. The number of hydrogen-bond donors (Lipinski definition) is 3. The molecule has 1 aromatic heterocycles. The van der Waals surface area contributed by atoms with Gasteiger partial charge >= 0.3 is 5.97 Å². The van der Waals surface area contributed by atoms with Crippen LogP contribution < -0.4 is 10.2 Å². The Bertz CT molecular complexity index is 1280. The third-order valence-corrected chi connectivity index (χ3v) is 6.91. The Morgan fingerprint density at radius 2 is 2.03 bits per heavy atom. The zero-order valence-electron chi connectivity index (χ0n) is 20.6. The van der Waals surface area contributed by atoms with E-state index in [-0.39, 0.29) is 11.1 Å². The van der Waals surface area contributed by atoms with E-state index >= 15 is 0 Å². The Kier molecular flexibility index (Phi) is 7.68. The van der Waals surface area contributed by atoms with Gasteiger partial charge < -0.3 is 15.1 Å². The number of aromatic carboxylic acids is 1. The molecule has 36 heavy (non-hydrogen) atoms. The fraction of sp³-hybridized carbons (Fsp3) is 0.345. The lowest BCUT2D eigenvalue weighted by molar-refractivity contribution is 0.0636. The lowest BCUT2D eigenvalue weighted by Crippen LogP contribution is -2.39. The molecule has 0 radical (unpaired) electrons. The van der Waals surface area contributed by atoms with Crippen LogP contribution in [-0.2, 0) is 6.42 Å². The summed E-state index contributed by atoms with van der Waals surface area (Å²) in [5.74, 6) is 0.140. The van der Waals surface area contributed by atoms with Gasteiger partial charge in [-0.25, -0.2) is 10.3 Å². The third-order valence-electron chi connectivity index (χ3n) is 6.91. The van der Waals surface area contributed by atoms with E-state index in [2.05, 4.69) is 40.8 Å². The van der Waals surface area contributed by atoms with Crippen LogP contribution in [0.3, 0.4) is 0 Å². The van der Waals surface area contributed by atoms with Crippen LogP contribution in [-0.4, -0.2) is 33.4 Å². The molecule has 186 valence electrons. The number of fused-ring (bicyclic) bond motifs is 1. The number of hydrogen-bond acceptors (Lipinski definition) is 6. The minimum absolute atomic E-state index is 0.0967. The highest BCUT2D eigenvalue weighted by molar-refractivity contribution is 5.94. The smallest absolute Gasteiger partial charge is 0.337 e. The Morgan fingerprint density at radius 3 is 2.78 bits per heavy atom. The van der Waals surface area contributed by atoms with Crippen molar-refractivity contribution in [1.29, 1.82) is 5.26 Å². The van der Waals surface area contributed by atoms with Gasteiger partial charge in [0, 0.05) is 17.3 Å². The molecule has 1 unspecified atom stereocenters. The molecule has 0 amide bonds. The molecule has 1 aliphatic rings. The molecule has 0 aliphatic heterocycles. The Hall–Kier alpha value is -3.73. The Morgan fingerprint density at radius 1 is 1.22 bits per heavy atom. The van der Waals surface area contributed by atoms with Crippen LogP contribution in [0.5, 0.6) is 5.75 Å². The Labute approximate surface area is 211 Å². The molecule has 0 saturated carbocycles. The SMILES string of the molecule is CC(C)(C[C@H]1Cc2ccccc2C1CCCOc1cc(-c2ncccc2C(=O)O)ccc1C#N)NO. The second kappa shape index (κ2) is 10.9. The number of benzene rings is 2. The van der Waals surface area contributed by atoms with E-state index in [1.165, 1.54) is 17.2 Å². The zero-order valence-corrected chi connectivity index (χ0v) is 20.6. The van der Waals surface area contributed by atoms with E-state index in [1.807, 2.05) is 13.8 Å². The van der Waals surface area contributed by atoms with E-state index in [4.69, 9.17) is 4.74 Å². The fourth-order valence-corrected chi connectivity index (χ4v) is 5.24. The summed E-state index contributed by atoms with van der Waals surface area (Å²) in [5.41, 5.74) is 6.23. The van der Waals surface area contributed by atoms with Crippen molar-refractivity contribution in [3.05, 3.63) is 83.0 Å². The molecule has 1 heterocycles. The van der Waals surface area contributed by atoms with Crippen molar-refractivity contribution in [1.82, 2.24) is 10.5 Å². The maximum absolute atomic E-state index is 11.6. The van der Waals surface area contributed by atoms with E-state index in [0.29, 0.717) is 41.0 Å². The highest BCUT2D eigenvalue weighted by atomic mass is 16.5. The first-order valence-electron chi connectivity index (χ1n) is 12.2. The lowest BCUT2D eigenvalue weighted by Gasteiger charge is -2.30. The molecule has 2 aromatic carbocycles. The van der Waals surface area contributed by atoms with Crippen LogP contribution in [0.15, 0.2) is 60.8 Å². The quantitative estimate of drug-likeness (QED) is 0.254. The number of nitriles is 1. The molecular weight excluding hydrogens is 454 g/mol. The van der Waals surface area contributed by atoms with Gasteiger partial charge in [0.05, 0.1) is 23.4 Å². The Balaban J connectivity index is 1.47. The minimum Gasteiger partial charge on any atom is -0.492 e. The van der Waals surface area contributed by atoms with Crippen LogP contribution in [0.25, 0.3) is 11.3 Å². The summed E-state index contributed by atoms with van der Waals surface area (Å²) in [6, 6.07) is 18.8. The number of aromatic nitrogens is 1. The molecule has 0 spiro atoms. The second-order valence-electron chi connectivity index (χ2n) is 9.99. The van der Waals surface area contributed by atoms with Gasteiger partial charge in [-0.2, -0.15) is 5.26 Å². The van der Waals surface area contributed by atoms with Crippen LogP contribution in [0.2, 0.25) is 0 Å². The average molecular weight is 486 g/mol. The standard InChI is InChI=1S/C29H31N3O4/c1-29(2,32-35)17-22-15-19-7-3-4-8-23(19)24(22)10-6-14-36-26-16-20(11-12-21(26)18-30)27-25(28(33)34)9-5-13-31-27/h3-5,7-9,11-13,16,22,24,32,35H,6,10,14-15,17H2,1-2H3,(H,33,34)/t22-,24?/m1/s1. The second-order valence-corrected chi connectivity index (χ2v) is 9.99. The van der Waals surface area contributed by atoms with E-state index in [9.17, 15) is 20.4 Å². The summed E-state index contributed by atoms with van der Waals surface area (Å²) in [4.78, 5) is 15.9. The molecule has 3 aromatic rings. The summed E-state index contributed by atoms with van der Waals surface area (Å²) >= 11 is 0. The largest absolute Gasteiger partial charge is 0.492 e. The van der Waals surface area contributed by atoms with Gasteiger partial charge in [0.2, 0.25) is 0 Å². The van der Waals surface area contributed by atoms with Crippen molar-refractivity contribution in [3.63, 3.8) is 0 Å². The van der Waals surface area contributed by atoms with Gasteiger partial charge in [-0.05, 0) is 86.8 Å². The lowest BCUT2D eigenvalue weighted by atomic mass is 9.81. The predicted octanol–water partition coefficient (Wildman–Crippen LogP) is 5.58. The van der Waals surface area contributed by atoms with E-state index in [0.717, 1.165) is 25.7 Å². The number of pyridine rings is 1. The number of nitrogens with one attached hydrogen (secondary N) is 1. The van der Waals surface area contributed by atoms with Crippen LogP contribution in [0.1, 0.15) is 66.1 Å². The van der Waals surface area contributed by atoms with Gasteiger partial charge in [-0.1, -0.05) is 30.3 Å². The van der Waals surface area contributed by atoms with Gasteiger partial charge in [0.15, 0.2) is 0 Å². The molecule has 4 rings (SSSR count). The van der Waals surface area contributed by atoms with E-state index < -0.39 is 5.97 Å². The highest BCUT2D eigenvalue weighted by Gasteiger charge is 2.35. The maximum atomic E-state index is 11.6. The summed E-state index contributed by atoms with van der Waals surface area (Å²) in [7, 11) is 0. The monoisotopic (exact) mass is 485 g/mol. The predicted molar refractivity (Wildman–Crippen MR) is 136 cm³/mol. The normalized spacial score (nSPS) is 16.8. The molecule has 0 fully saturated rings. The van der Waals surface area contributed by atoms with Gasteiger partial charge in [0.25, 0.3) is 0 Å². The molecule has 0 bridgehead atoms. The number of nitrogens with zero attached hydrogens (tertiary/aromatic N) is 2. The van der Waals surface area contributed by atoms with E-state index in [1.54, 1.807) is 30.5 Å². The minimum atomic E-state index is -1.06. The average Bonchev–Trinajstić information content (AvgIpc) is 3.22. The third kappa shape index (κ3) is 5.56. The molecule has 2 atom stereocenters. The maximum Gasteiger partial charge on any atom is 0.337 e. The van der Waals surface area contributed by atoms with Crippen LogP contribution in [0, 0.1) is 17.2 Å². The number of rotatable bonds is 10. The first-order chi connectivity index (χ1) is 17.3. The molecule has 0 saturated heterocycles. The number of carboxylic acids is 1. The van der Waals surface area contributed by atoms with Crippen molar-refractivity contribution in [2.24, 2.45) is 5.92 Å². The van der Waals surface area contributed by atoms with Crippen LogP contribution >= 0.6 is 0 Å². The molecule has 3 N–H and O–H groups in total. The van der Waals surface area contributed by atoms with Crippen LogP contribution in [0.4, 0.5) is 0 Å². The topological polar surface area (TPSA) is 115 Å². The summed E-state index contributed by atoms with van der Waals surface area (Å²) in [5, 5.41) is 28.6. The summed E-state index contributed by atoms with van der Waals surface area (Å²) < 4.78 is 6.05.